The van der Waals surface area contributed by atoms with Crippen molar-refractivity contribution in [1.29, 1.82) is 0 Å². The van der Waals surface area contributed by atoms with E-state index in [1.165, 1.54) is 6.07 Å². The van der Waals surface area contributed by atoms with E-state index in [0.717, 1.165) is 12.1 Å². The van der Waals surface area contributed by atoms with Crippen molar-refractivity contribution in [3.8, 4) is 0 Å². The van der Waals surface area contributed by atoms with Crippen molar-refractivity contribution in [2.24, 2.45) is 11.7 Å². The molecule has 1 rings (SSSR count). The molecule has 0 saturated carbocycles. The number of alkyl halides is 3. The molecule has 106 valence electrons. The van der Waals surface area contributed by atoms with E-state index in [9.17, 15) is 18.0 Å². The van der Waals surface area contributed by atoms with Crippen molar-refractivity contribution >= 4 is 23.2 Å². The summed E-state index contributed by atoms with van der Waals surface area (Å²) in [5.74, 6) is -0.843. The second-order valence-electron chi connectivity index (χ2n) is 4.45. The minimum Gasteiger partial charge on any atom is -0.324 e. The van der Waals surface area contributed by atoms with Gasteiger partial charge in [0.2, 0.25) is 5.91 Å². The second kappa shape index (κ2) is 5.79. The molecular weight excluding hydrogens is 281 g/mol. The Labute approximate surface area is 113 Å². The molecule has 0 fully saturated rings. The molecule has 0 saturated heterocycles. The lowest BCUT2D eigenvalue weighted by molar-refractivity contribution is -0.137. The minimum absolute atomic E-state index is 0.0570. The van der Waals surface area contributed by atoms with Gasteiger partial charge in [-0.3, -0.25) is 4.79 Å². The number of hydrogen-bond donors (Lipinski definition) is 2. The van der Waals surface area contributed by atoms with Gasteiger partial charge in [0.25, 0.3) is 0 Å². The average Bonchev–Trinajstić information content (AvgIpc) is 2.28. The van der Waals surface area contributed by atoms with Crippen molar-refractivity contribution in [2.45, 2.75) is 26.1 Å². The van der Waals surface area contributed by atoms with Crippen molar-refractivity contribution in [2.75, 3.05) is 5.32 Å². The van der Waals surface area contributed by atoms with E-state index in [0.29, 0.717) is 0 Å². The second-order valence-corrected chi connectivity index (χ2v) is 4.88. The number of nitrogens with one attached hydrogen (secondary N) is 1. The van der Waals surface area contributed by atoms with Gasteiger partial charge in [0.05, 0.1) is 17.3 Å². The smallest absolute Gasteiger partial charge is 0.324 e. The molecule has 0 aromatic heterocycles. The van der Waals surface area contributed by atoms with Crippen LogP contribution in [0.3, 0.4) is 0 Å². The van der Waals surface area contributed by atoms with Gasteiger partial charge in [0, 0.05) is 5.02 Å². The lowest BCUT2D eigenvalue weighted by Crippen LogP contribution is -2.40. The number of nitrogens with two attached hydrogens (primary N) is 1. The van der Waals surface area contributed by atoms with Crippen LogP contribution in [0.2, 0.25) is 5.02 Å². The first kappa shape index (κ1) is 15.8. The Bertz CT molecular complexity index is 475. The van der Waals surface area contributed by atoms with Crippen molar-refractivity contribution in [3.05, 3.63) is 28.8 Å². The third kappa shape index (κ3) is 4.11. The Morgan fingerprint density at radius 3 is 2.42 bits per heavy atom. The van der Waals surface area contributed by atoms with Crippen molar-refractivity contribution in [3.63, 3.8) is 0 Å². The zero-order valence-electron chi connectivity index (χ0n) is 10.4. The first-order valence-electron chi connectivity index (χ1n) is 5.56. The SMILES string of the molecule is CC(C)C(N)C(=O)Nc1ccc(Cl)cc1C(F)(F)F. The largest absolute Gasteiger partial charge is 0.418 e. The minimum atomic E-state index is -4.60. The summed E-state index contributed by atoms with van der Waals surface area (Å²) in [7, 11) is 0. The molecule has 19 heavy (non-hydrogen) atoms. The number of carbonyl (C=O) groups is 1. The molecule has 7 heteroatoms. The number of anilines is 1. The van der Waals surface area contributed by atoms with Crippen LogP contribution in [0.15, 0.2) is 18.2 Å². The molecule has 1 aromatic carbocycles. The summed E-state index contributed by atoms with van der Waals surface area (Å²) in [5.41, 5.74) is 4.23. The Morgan fingerprint density at radius 1 is 1.37 bits per heavy atom. The molecule has 0 aliphatic carbocycles. The summed E-state index contributed by atoms with van der Waals surface area (Å²) >= 11 is 5.54. The molecule has 0 radical (unpaired) electrons. The van der Waals surface area contributed by atoms with Gasteiger partial charge in [0.1, 0.15) is 0 Å². The lowest BCUT2D eigenvalue weighted by Gasteiger charge is -2.18. The summed E-state index contributed by atoms with van der Waals surface area (Å²) in [6.45, 7) is 3.41. The van der Waals surface area contributed by atoms with Crippen LogP contribution in [0.25, 0.3) is 0 Å². The average molecular weight is 295 g/mol. The standard InChI is InChI=1S/C12H14ClF3N2O/c1-6(2)10(17)11(19)18-9-4-3-7(13)5-8(9)12(14,15)16/h3-6,10H,17H2,1-2H3,(H,18,19). The maximum atomic E-state index is 12.8. The van der Waals surface area contributed by atoms with Gasteiger partial charge >= 0.3 is 6.18 Å². The first-order valence-corrected chi connectivity index (χ1v) is 5.94. The van der Waals surface area contributed by atoms with Crippen LogP contribution in [0, 0.1) is 5.92 Å². The number of benzene rings is 1. The lowest BCUT2D eigenvalue weighted by atomic mass is 10.0. The van der Waals surface area contributed by atoms with Crippen LogP contribution in [-0.2, 0) is 11.0 Å². The Hall–Kier alpha value is -1.27. The van der Waals surface area contributed by atoms with E-state index >= 15 is 0 Å². The summed E-state index contributed by atoms with van der Waals surface area (Å²) in [4.78, 5) is 11.7. The quantitative estimate of drug-likeness (QED) is 0.899. The highest BCUT2D eigenvalue weighted by atomic mass is 35.5. The molecule has 1 atom stereocenters. The third-order valence-electron chi connectivity index (χ3n) is 2.57. The Balaban J connectivity index is 3.05. The Kier molecular flexibility index (Phi) is 4.81. The highest BCUT2D eigenvalue weighted by molar-refractivity contribution is 6.30. The molecule has 0 bridgehead atoms. The molecule has 0 spiro atoms. The molecule has 0 heterocycles. The third-order valence-corrected chi connectivity index (χ3v) is 2.80. The molecule has 0 aliphatic heterocycles. The van der Waals surface area contributed by atoms with Crippen LogP contribution in [0.5, 0.6) is 0 Å². The van der Waals surface area contributed by atoms with Gasteiger partial charge in [-0.1, -0.05) is 25.4 Å². The molecule has 0 aliphatic rings. The monoisotopic (exact) mass is 294 g/mol. The number of amides is 1. The van der Waals surface area contributed by atoms with Crippen LogP contribution >= 0.6 is 11.6 Å². The fraction of sp³-hybridized carbons (Fsp3) is 0.417. The molecule has 3 N–H and O–H groups in total. The van der Waals surface area contributed by atoms with E-state index in [4.69, 9.17) is 17.3 Å². The van der Waals surface area contributed by atoms with Gasteiger partial charge in [-0.15, -0.1) is 0 Å². The van der Waals surface area contributed by atoms with Crippen molar-refractivity contribution in [1.82, 2.24) is 0 Å². The normalized spacial score (nSPS) is 13.5. The molecular formula is C12H14ClF3N2O. The summed E-state index contributed by atoms with van der Waals surface area (Å²) < 4.78 is 38.4. The van der Waals surface area contributed by atoms with Crippen LogP contribution in [0.1, 0.15) is 19.4 Å². The van der Waals surface area contributed by atoms with Crippen LogP contribution < -0.4 is 11.1 Å². The van der Waals surface area contributed by atoms with Gasteiger partial charge in [0.15, 0.2) is 0 Å². The summed E-state index contributed by atoms with van der Waals surface area (Å²) in [5, 5.41) is 2.13. The fourth-order valence-corrected chi connectivity index (χ4v) is 1.55. The molecule has 1 amide bonds. The highest BCUT2D eigenvalue weighted by Crippen LogP contribution is 2.36. The molecule has 1 unspecified atom stereocenters. The van der Waals surface area contributed by atoms with Crippen LogP contribution in [-0.4, -0.2) is 11.9 Å². The van der Waals surface area contributed by atoms with E-state index in [1.54, 1.807) is 13.8 Å². The fourth-order valence-electron chi connectivity index (χ4n) is 1.38. The van der Waals surface area contributed by atoms with Gasteiger partial charge in [-0.25, -0.2) is 0 Å². The van der Waals surface area contributed by atoms with Gasteiger partial charge in [-0.2, -0.15) is 13.2 Å². The van der Waals surface area contributed by atoms with Gasteiger partial charge < -0.3 is 11.1 Å². The number of carbonyl (C=O) groups excluding carboxylic acids is 1. The zero-order valence-corrected chi connectivity index (χ0v) is 11.1. The maximum absolute atomic E-state index is 12.8. The van der Waals surface area contributed by atoms with Gasteiger partial charge in [-0.05, 0) is 24.1 Å². The molecule has 1 aromatic rings. The van der Waals surface area contributed by atoms with E-state index < -0.39 is 23.7 Å². The highest BCUT2D eigenvalue weighted by Gasteiger charge is 2.34. The zero-order chi connectivity index (χ0) is 14.8. The van der Waals surface area contributed by atoms with E-state index in [-0.39, 0.29) is 16.6 Å². The number of halogens is 4. The Morgan fingerprint density at radius 2 is 1.95 bits per heavy atom. The van der Waals surface area contributed by atoms with E-state index in [2.05, 4.69) is 5.32 Å². The van der Waals surface area contributed by atoms with Crippen molar-refractivity contribution < 1.29 is 18.0 Å². The van der Waals surface area contributed by atoms with Crippen LogP contribution in [0.4, 0.5) is 18.9 Å². The topological polar surface area (TPSA) is 55.1 Å². The first-order chi connectivity index (χ1) is 8.62. The predicted octanol–water partition coefficient (Wildman–Crippen LogP) is 3.28. The summed E-state index contributed by atoms with van der Waals surface area (Å²) in [6.07, 6.45) is -4.60. The molecule has 3 nitrogen and oxygen atoms in total. The predicted molar refractivity (Wildman–Crippen MR) is 67.9 cm³/mol. The van der Waals surface area contributed by atoms with E-state index in [1.807, 2.05) is 0 Å². The summed E-state index contributed by atoms with van der Waals surface area (Å²) in [6, 6.07) is 2.26. The maximum Gasteiger partial charge on any atom is 0.418 e. The number of hydrogen-bond acceptors (Lipinski definition) is 2. The number of rotatable bonds is 3.